The van der Waals surface area contributed by atoms with Gasteiger partial charge in [-0.1, -0.05) is 25.7 Å². The topological polar surface area (TPSA) is 40.5 Å². The maximum Gasteiger partial charge on any atom is 0.307 e. The van der Waals surface area contributed by atoms with Gasteiger partial charge in [0.05, 0.1) is 5.92 Å². The molecular weight excluding hydrogens is 214 g/mol. The van der Waals surface area contributed by atoms with Gasteiger partial charge in [-0.3, -0.25) is 9.69 Å². The van der Waals surface area contributed by atoms with Gasteiger partial charge in [-0.05, 0) is 30.3 Å². The second kappa shape index (κ2) is 5.05. The van der Waals surface area contributed by atoms with E-state index in [1.54, 1.807) is 6.08 Å². The fourth-order valence-electron chi connectivity index (χ4n) is 3.42. The lowest BCUT2D eigenvalue weighted by Gasteiger charge is -2.45. The first-order valence-corrected chi connectivity index (χ1v) is 6.37. The number of nitrogens with zero attached hydrogens (tertiary/aromatic N) is 1. The molecule has 1 saturated heterocycles. The van der Waals surface area contributed by atoms with Crippen molar-refractivity contribution in [2.75, 3.05) is 19.6 Å². The van der Waals surface area contributed by atoms with Crippen molar-refractivity contribution in [2.45, 2.75) is 19.3 Å². The Kier molecular flexibility index (Phi) is 3.67. The summed E-state index contributed by atoms with van der Waals surface area (Å²) in [5, 5.41) is 9.31. The minimum Gasteiger partial charge on any atom is -0.481 e. The fraction of sp³-hybridized carbons (Fsp3) is 0.643. The molecule has 0 aromatic heterocycles. The predicted octanol–water partition coefficient (Wildman–Crippen LogP) is 2.16. The molecule has 2 fully saturated rings. The van der Waals surface area contributed by atoms with Crippen LogP contribution in [0.25, 0.3) is 0 Å². The summed E-state index contributed by atoms with van der Waals surface area (Å²) in [6.07, 6.45) is 5.10. The molecule has 2 bridgehead atoms. The van der Waals surface area contributed by atoms with Crippen LogP contribution in [0.1, 0.15) is 19.3 Å². The number of piperidine rings is 1. The summed E-state index contributed by atoms with van der Waals surface area (Å²) in [5.41, 5.74) is 1.02. The molecule has 2 atom stereocenters. The van der Waals surface area contributed by atoms with Crippen molar-refractivity contribution in [3.05, 3.63) is 24.8 Å². The smallest absolute Gasteiger partial charge is 0.307 e. The normalized spacial score (nSPS) is 33.1. The number of carboxylic acid groups (broad SMARTS) is 1. The average Bonchev–Trinajstić information content (AvgIpc) is 2.27. The summed E-state index contributed by atoms with van der Waals surface area (Å²) in [6, 6.07) is 0. The highest BCUT2D eigenvalue weighted by Gasteiger charge is 2.43. The van der Waals surface area contributed by atoms with Crippen LogP contribution in [0.3, 0.4) is 0 Å². The lowest BCUT2D eigenvalue weighted by molar-refractivity contribution is -0.151. The average molecular weight is 235 g/mol. The monoisotopic (exact) mass is 235 g/mol. The van der Waals surface area contributed by atoms with Gasteiger partial charge < -0.3 is 5.11 Å². The minimum atomic E-state index is -0.595. The summed E-state index contributed by atoms with van der Waals surface area (Å²) >= 11 is 0. The van der Waals surface area contributed by atoms with E-state index in [0.717, 1.165) is 38.0 Å². The van der Waals surface area contributed by atoms with Gasteiger partial charge in [-0.15, -0.1) is 0 Å². The molecule has 0 amide bonds. The van der Waals surface area contributed by atoms with Gasteiger partial charge in [0.2, 0.25) is 0 Å². The molecule has 0 aromatic carbocycles. The molecule has 1 heterocycles. The van der Waals surface area contributed by atoms with Crippen LogP contribution in [0.15, 0.2) is 24.8 Å². The van der Waals surface area contributed by atoms with Gasteiger partial charge in [-0.2, -0.15) is 0 Å². The summed E-state index contributed by atoms with van der Waals surface area (Å²) in [4.78, 5) is 13.6. The largest absolute Gasteiger partial charge is 0.481 e. The van der Waals surface area contributed by atoms with Gasteiger partial charge in [-0.25, -0.2) is 0 Å². The first kappa shape index (κ1) is 12.4. The van der Waals surface area contributed by atoms with Crippen LogP contribution >= 0.6 is 0 Å². The number of carbonyl (C=O) groups is 1. The van der Waals surface area contributed by atoms with Crippen LogP contribution in [0.5, 0.6) is 0 Å². The quantitative estimate of drug-likeness (QED) is 0.759. The van der Waals surface area contributed by atoms with E-state index in [4.69, 9.17) is 0 Å². The standard InChI is InChI=1S/C14H21NO2/c1-3-10(2)7-15-8-11-5-4-6-12(9-15)13(11)14(16)17/h3,11-13H,1-2,4-9H2,(H,16,17). The van der Waals surface area contributed by atoms with Crippen LogP contribution in [0.4, 0.5) is 0 Å². The number of hydrogen-bond donors (Lipinski definition) is 1. The van der Waals surface area contributed by atoms with Crippen LogP contribution < -0.4 is 0 Å². The number of rotatable bonds is 4. The SMILES string of the molecule is C=CC(=C)CN1CC2CCCC(C1)C2C(=O)O. The zero-order valence-electron chi connectivity index (χ0n) is 10.3. The lowest BCUT2D eigenvalue weighted by atomic mass is 9.69. The summed E-state index contributed by atoms with van der Waals surface area (Å²) in [5.74, 6) is -0.0471. The first-order chi connectivity index (χ1) is 8.11. The Hall–Kier alpha value is -1.09. The zero-order chi connectivity index (χ0) is 12.4. The first-order valence-electron chi connectivity index (χ1n) is 6.37. The van der Waals surface area contributed by atoms with Gasteiger partial charge in [0.15, 0.2) is 0 Å². The van der Waals surface area contributed by atoms with Crippen LogP contribution in [-0.2, 0) is 4.79 Å². The maximum atomic E-state index is 11.3. The summed E-state index contributed by atoms with van der Waals surface area (Å²) in [7, 11) is 0. The molecule has 2 rings (SSSR count). The Labute approximate surface area is 103 Å². The number of likely N-dealkylation sites (tertiary alicyclic amines) is 1. The number of hydrogen-bond acceptors (Lipinski definition) is 2. The molecule has 0 aromatic rings. The van der Waals surface area contributed by atoms with Gasteiger partial charge in [0.25, 0.3) is 0 Å². The van der Waals surface area contributed by atoms with Gasteiger partial charge >= 0.3 is 5.97 Å². The van der Waals surface area contributed by atoms with E-state index in [1.807, 2.05) is 0 Å². The van der Waals surface area contributed by atoms with E-state index in [1.165, 1.54) is 6.42 Å². The van der Waals surface area contributed by atoms with Gasteiger partial charge in [0.1, 0.15) is 0 Å². The van der Waals surface area contributed by atoms with E-state index in [0.29, 0.717) is 11.8 Å². The van der Waals surface area contributed by atoms with E-state index in [-0.39, 0.29) is 5.92 Å². The molecule has 17 heavy (non-hydrogen) atoms. The van der Waals surface area contributed by atoms with E-state index in [9.17, 15) is 9.90 Å². The van der Waals surface area contributed by atoms with Gasteiger partial charge in [0, 0.05) is 19.6 Å². The number of aliphatic carboxylic acids is 1. The van der Waals surface area contributed by atoms with E-state index in [2.05, 4.69) is 18.1 Å². The van der Waals surface area contributed by atoms with Crippen molar-refractivity contribution in [3.8, 4) is 0 Å². The predicted molar refractivity (Wildman–Crippen MR) is 67.7 cm³/mol. The minimum absolute atomic E-state index is 0.114. The molecule has 3 heteroatoms. The number of fused-ring (bicyclic) bond motifs is 2. The van der Waals surface area contributed by atoms with Crippen molar-refractivity contribution in [2.24, 2.45) is 17.8 Å². The third-order valence-corrected chi connectivity index (χ3v) is 4.15. The molecule has 2 unspecified atom stereocenters. The Bertz CT molecular complexity index is 323. The van der Waals surface area contributed by atoms with Crippen molar-refractivity contribution < 1.29 is 9.90 Å². The van der Waals surface area contributed by atoms with E-state index >= 15 is 0 Å². The van der Waals surface area contributed by atoms with E-state index < -0.39 is 5.97 Å². The summed E-state index contributed by atoms with van der Waals surface area (Å²) < 4.78 is 0. The van der Waals surface area contributed by atoms with Crippen LogP contribution in [0, 0.1) is 17.8 Å². The molecule has 3 nitrogen and oxygen atoms in total. The molecule has 1 saturated carbocycles. The molecular formula is C14H21NO2. The van der Waals surface area contributed by atoms with Crippen molar-refractivity contribution >= 4 is 5.97 Å². The second-order valence-corrected chi connectivity index (χ2v) is 5.37. The second-order valence-electron chi connectivity index (χ2n) is 5.37. The summed E-state index contributed by atoms with van der Waals surface area (Å²) in [6.45, 7) is 10.3. The maximum absolute atomic E-state index is 11.3. The lowest BCUT2D eigenvalue weighted by Crippen LogP contribution is -2.51. The van der Waals surface area contributed by atoms with Crippen molar-refractivity contribution in [1.82, 2.24) is 4.90 Å². The molecule has 0 spiro atoms. The molecule has 0 radical (unpaired) electrons. The Morgan fingerprint density at radius 1 is 1.35 bits per heavy atom. The Balaban J connectivity index is 2.03. The van der Waals surface area contributed by atoms with Crippen molar-refractivity contribution in [1.29, 1.82) is 0 Å². The molecule has 1 N–H and O–H groups in total. The molecule has 1 aliphatic carbocycles. The van der Waals surface area contributed by atoms with Crippen LogP contribution in [-0.4, -0.2) is 35.6 Å². The Morgan fingerprint density at radius 3 is 2.41 bits per heavy atom. The highest BCUT2D eigenvalue weighted by atomic mass is 16.4. The number of carboxylic acids is 1. The van der Waals surface area contributed by atoms with Crippen molar-refractivity contribution in [3.63, 3.8) is 0 Å². The molecule has 1 aliphatic heterocycles. The fourth-order valence-corrected chi connectivity index (χ4v) is 3.42. The highest BCUT2D eigenvalue weighted by Crippen LogP contribution is 2.39. The third-order valence-electron chi connectivity index (χ3n) is 4.15. The highest BCUT2D eigenvalue weighted by molar-refractivity contribution is 5.71. The third kappa shape index (κ3) is 2.60. The molecule has 2 aliphatic rings. The Morgan fingerprint density at radius 2 is 1.94 bits per heavy atom. The molecule has 94 valence electrons. The zero-order valence-corrected chi connectivity index (χ0v) is 10.3. The van der Waals surface area contributed by atoms with Crippen LogP contribution in [0.2, 0.25) is 0 Å².